The second-order valence-corrected chi connectivity index (χ2v) is 8.43. The van der Waals surface area contributed by atoms with Gasteiger partial charge in [-0.05, 0) is 31.5 Å². The van der Waals surface area contributed by atoms with Gasteiger partial charge in [-0.3, -0.25) is 9.89 Å². The average molecular weight is 400 g/mol. The summed E-state index contributed by atoms with van der Waals surface area (Å²) in [7, 11) is 0. The highest BCUT2D eigenvalue weighted by Gasteiger charge is 2.29. The Morgan fingerprint density at radius 1 is 1.46 bits per heavy atom. The predicted molar refractivity (Wildman–Crippen MR) is 113 cm³/mol. The van der Waals surface area contributed by atoms with Gasteiger partial charge in [0.1, 0.15) is 5.75 Å². The summed E-state index contributed by atoms with van der Waals surface area (Å²) < 4.78 is 5.97. The molecule has 8 heteroatoms. The van der Waals surface area contributed by atoms with E-state index in [9.17, 15) is 5.11 Å². The molecule has 1 saturated heterocycles. The first-order valence-corrected chi connectivity index (χ1v) is 10.3. The summed E-state index contributed by atoms with van der Waals surface area (Å²) >= 11 is 1.61. The van der Waals surface area contributed by atoms with Gasteiger partial charge in [0, 0.05) is 41.9 Å². The molecule has 0 bridgehead atoms. The van der Waals surface area contributed by atoms with Gasteiger partial charge < -0.3 is 15.6 Å². The van der Waals surface area contributed by atoms with Crippen LogP contribution in [0.4, 0.5) is 0 Å². The molecule has 1 fully saturated rings. The van der Waals surface area contributed by atoms with Crippen molar-refractivity contribution >= 4 is 23.5 Å². The zero-order chi connectivity index (χ0) is 19.7. The number of rotatable bonds is 4. The van der Waals surface area contributed by atoms with E-state index in [2.05, 4.69) is 22.1 Å². The summed E-state index contributed by atoms with van der Waals surface area (Å²) in [6.45, 7) is 6.51. The van der Waals surface area contributed by atoms with Crippen LogP contribution in [0.2, 0.25) is 0 Å². The first kappa shape index (κ1) is 19.0. The lowest BCUT2D eigenvalue weighted by atomic mass is 9.90. The largest absolute Gasteiger partial charge is 0.493 e. The monoisotopic (exact) mass is 399 g/mol. The molecule has 0 spiro atoms. The lowest BCUT2D eigenvalue weighted by Crippen LogP contribution is -2.45. The van der Waals surface area contributed by atoms with Crippen LogP contribution in [0.1, 0.15) is 35.2 Å². The molecule has 2 aliphatic heterocycles. The Balaban J connectivity index is 1.73. The van der Waals surface area contributed by atoms with Crippen LogP contribution in [-0.2, 0) is 6.42 Å². The van der Waals surface area contributed by atoms with Gasteiger partial charge in [-0.2, -0.15) is 0 Å². The van der Waals surface area contributed by atoms with Crippen LogP contribution in [-0.4, -0.2) is 59.6 Å². The Hall–Kier alpha value is -2.29. The molecule has 0 aliphatic carbocycles. The van der Waals surface area contributed by atoms with E-state index < -0.39 is 0 Å². The van der Waals surface area contributed by atoms with Crippen LogP contribution in [0.5, 0.6) is 5.75 Å². The zero-order valence-electron chi connectivity index (χ0n) is 16.1. The number of aliphatic hydroxyl groups excluding tert-OH is 1. The summed E-state index contributed by atoms with van der Waals surface area (Å²) in [4.78, 5) is 16.9. The lowest BCUT2D eigenvalue weighted by Gasteiger charge is -2.38. The Morgan fingerprint density at radius 2 is 2.29 bits per heavy atom. The molecule has 0 unspecified atom stereocenters. The van der Waals surface area contributed by atoms with E-state index in [1.165, 1.54) is 16.8 Å². The number of likely N-dealkylation sites (tertiary alicyclic amines) is 1. The summed E-state index contributed by atoms with van der Waals surface area (Å²) in [6.07, 6.45) is 2.08. The number of hydrogen-bond donors (Lipinski definition) is 2. The number of aliphatic imine (C=N–C) groups is 2. The van der Waals surface area contributed by atoms with Crippen molar-refractivity contribution in [3.63, 3.8) is 0 Å². The highest BCUT2D eigenvalue weighted by molar-refractivity contribution is 7.14. The molecule has 148 valence electrons. The van der Waals surface area contributed by atoms with E-state index in [1.54, 1.807) is 11.3 Å². The van der Waals surface area contributed by atoms with Crippen molar-refractivity contribution in [2.45, 2.75) is 32.2 Å². The number of ether oxygens (including phenoxy) is 1. The van der Waals surface area contributed by atoms with Crippen molar-refractivity contribution < 1.29 is 9.84 Å². The number of hydrogen-bond acceptors (Lipinski definition) is 6. The van der Waals surface area contributed by atoms with Gasteiger partial charge in [0.05, 0.1) is 25.4 Å². The number of nitrogens with two attached hydrogens (primary N) is 1. The number of fused-ring (bicyclic) bond motifs is 3. The van der Waals surface area contributed by atoms with Crippen molar-refractivity contribution in [3.05, 3.63) is 33.6 Å². The van der Waals surface area contributed by atoms with Crippen molar-refractivity contribution in [1.82, 2.24) is 9.88 Å². The minimum absolute atomic E-state index is 0.109. The van der Waals surface area contributed by atoms with Crippen LogP contribution in [0.15, 0.2) is 28.2 Å². The quantitative estimate of drug-likeness (QED) is 0.607. The number of aliphatic hydroxyl groups is 1. The van der Waals surface area contributed by atoms with Gasteiger partial charge in [-0.15, -0.1) is 11.3 Å². The van der Waals surface area contributed by atoms with Crippen LogP contribution in [0.3, 0.4) is 0 Å². The van der Waals surface area contributed by atoms with E-state index in [0.717, 1.165) is 41.5 Å². The molecule has 0 radical (unpaired) electrons. The molecule has 2 aliphatic rings. The Morgan fingerprint density at radius 3 is 3.00 bits per heavy atom. The zero-order valence-corrected chi connectivity index (χ0v) is 16.9. The van der Waals surface area contributed by atoms with Crippen molar-refractivity contribution in [1.29, 1.82) is 0 Å². The molecular weight excluding hydrogens is 374 g/mol. The van der Waals surface area contributed by atoms with E-state index in [4.69, 9.17) is 15.5 Å². The molecule has 3 N–H and O–H groups in total. The standard InChI is InChI=1S/C20H25N5O2S/c1-12(2)23-19(22-10-21)20-24-18-15-7-13(14-8-25(9-14)11-26)3-4-16(15)27-6-5-17(18)28-20/h3-4,7,10,12,14,26H,5-6,8-9,11H2,1-2H3,(H2,21,22,23). The van der Waals surface area contributed by atoms with Gasteiger partial charge in [0.15, 0.2) is 10.8 Å². The van der Waals surface area contributed by atoms with Crippen molar-refractivity contribution in [3.8, 4) is 17.0 Å². The van der Waals surface area contributed by atoms with E-state index in [0.29, 0.717) is 18.4 Å². The van der Waals surface area contributed by atoms with Crippen LogP contribution in [0, 0.1) is 0 Å². The molecular formula is C20H25N5O2S. The first-order chi connectivity index (χ1) is 13.6. The summed E-state index contributed by atoms with van der Waals surface area (Å²) in [5, 5.41) is 10.0. The van der Waals surface area contributed by atoms with Crippen molar-refractivity contribution in [2.75, 3.05) is 26.4 Å². The minimum atomic E-state index is 0.109. The number of thiazole rings is 1. The maximum absolute atomic E-state index is 9.24. The van der Waals surface area contributed by atoms with Gasteiger partial charge in [0.2, 0.25) is 0 Å². The fourth-order valence-electron chi connectivity index (χ4n) is 3.55. The van der Waals surface area contributed by atoms with Crippen LogP contribution in [0.25, 0.3) is 11.3 Å². The number of benzene rings is 1. The highest BCUT2D eigenvalue weighted by Crippen LogP contribution is 2.40. The number of amidine groups is 1. The van der Waals surface area contributed by atoms with Gasteiger partial charge in [-0.25, -0.2) is 9.98 Å². The molecule has 7 nitrogen and oxygen atoms in total. The molecule has 0 amide bonds. The third-order valence-corrected chi connectivity index (χ3v) is 6.05. The summed E-state index contributed by atoms with van der Waals surface area (Å²) in [5.74, 6) is 1.87. The topological polar surface area (TPSA) is 96.3 Å². The molecule has 0 saturated carbocycles. The van der Waals surface area contributed by atoms with E-state index >= 15 is 0 Å². The van der Waals surface area contributed by atoms with E-state index in [-0.39, 0.29) is 12.8 Å². The summed E-state index contributed by atoms with van der Waals surface area (Å²) in [5.41, 5.74) is 8.76. The Kier molecular flexibility index (Phi) is 5.43. The predicted octanol–water partition coefficient (Wildman–Crippen LogP) is 2.24. The number of nitrogens with zero attached hydrogens (tertiary/aromatic N) is 4. The molecule has 1 aromatic heterocycles. The Labute approximate surface area is 168 Å². The molecule has 2 aromatic rings. The normalized spacial score (nSPS) is 17.9. The lowest BCUT2D eigenvalue weighted by molar-refractivity contribution is 0.0403. The Bertz CT molecular complexity index is 915. The fraction of sp³-hybridized carbons (Fsp3) is 0.450. The molecule has 3 heterocycles. The van der Waals surface area contributed by atoms with Crippen LogP contribution < -0.4 is 10.5 Å². The van der Waals surface area contributed by atoms with Gasteiger partial charge in [-0.1, -0.05) is 6.07 Å². The maximum Gasteiger partial charge on any atom is 0.185 e. The van der Waals surface area contributed by atoms with Gasteiger partial charge >= 0.3 is 0 Å². The minimum Gasteiger partial charge on any atom is -0.493 e. The molecule has 1 aromatic carbocycles. The molecule has 28 heavy (non-hydrogen) atoms. The summed E-state index contributed by atoms with van der Waals surface area (Å²) in [6, 6.07) is 6.47. The highest BCUT2D eigenvalue weighted by atomic mass is 32.1. The number of aromatic nitrogens is 1. The molecule has 0 atom stereocenters. The average Bonchev–Trinajstić information content (AvgIpc) is 2.97. The molecule has 4 rings (SSSR count). The third kappa shape index (κ3) is 3.67. The van der Waals surface area contributed by atoms with Crippen LogP contribution >= 0.6 is 11.3 Å². The third-order valence-electron chi connectivity index (χ3n) is 4.94. The van der Waals surface area contributed by atoms with Crippen molar-refractivity contribution in [2.24, 2.45) is 15.7 Å². The second kappa shape index (κ2) is 7.98. The second-order valence-electron chi connectivity index (χ2n) is 7.34. The fourth-order valence-corrected chi connectivity index (χ4v) is 4.55. The SMILES string of the molecule is CC(C)N=C(N=CN)c1nc2c(s1)CCOc1ccc(C3CN(CO)C3)cc1-2. The smallest absolute Gasteiger partial charge is 0.185 e. The van der Waals surface area contributed by atoms with Gasteiger partial charge in [0.25, 0.3) is 0 Å². The first-order valence-electron chi connectivity index (χ1n) is 9.51. The van der Waals surface area contributed by atoms with E-state index in [1.807, 2.05) is 24.8 Å². The maximum atomic E-state index is 9.24.